The van der Waals surface area contributed by atoms with Crippen molar-refractivity contribution in [3.8, 4) is 5.75 Å². The van der Waals surface area contributed by atoms with E-state index in [4.69, 9.17) is 22.1 Å². The molecule has 1 N–H and O–H groups in total. The Kier molecular flexibility index (Phi) is 4.87. The van der Waals surface area contributed by atoms with E-state index in [1.54, 1.807) is 25.3 Å². The summed E-state index contributed by atoms with van der Waals surface area (Å²) >= 11 is 6.49. The molecule has 1 aliphatic rings. The molecule has 1 fully saturated rings. The number of ether oxygens (including phenoxy) is 1. The van der Waals surface area contributed by atoms with E-state index in [0.29, 0.717) is 14.9 Å². The van der Waals surface area contributed by atoms with Gasteiger partial charge < -0.3 is 9.84 Å². The summed E-state index contributed by atoms with van der Waals surface area (Å²) < 4.78 is 5.48. The van der Waals surface area contributed by atoms with Crippen molar-refractivity contribution < 1.29 is 19.4 Å². The van der Waals surface area contributed by atoms with Gasteiger partial charge in [0.2, 0.25) is 0 Å². The average molecular weight is 371 g/mol. The largest absolute Gasteiger partial charge is 0.497 e. The quantitative estimate of drug-likeness (QED) is 0.651. The van der Waals surface area contributed by atoms with Crippen LogP contribution in [-0.2, 0) is 4.79 Å². The number of methoxy groups -OCH3 is 1. The Balaban J connectivity index is 1.90. The number of hydrogen-bond donors (Lipinski definition) is 1. The summed E-state index contributed by atoms with van der Waals surface area (Å²) in [5, 5.41) is 9.11. The highest BCUT2D eigenvalue weighted by Crippen LogP contribution is 2.36. The molecule has 0 bridgehead atoms. The fourth-order valence-corrected chi connectivity index (χ4v) is 3.62. The molecule has 2 aromatic rings. The molecule has 7 heteroatoms. The Labute approximate surface area is 153 Å². The zero-order valence-electron chi connectivity index (χ0n) is 13.1. The third-order valence-corrected chi connectivity index (χ3v) is 4.86. The monoisotopic (exact) mass is 371 g/mol. The maximum atomic E-state index is 12.7. The number of rotatable bonds is 4. The second-order valence-electron chi connectivity index (χ2n) is 5.15. The van der Waals surface area contributed by atoms with E-state index < -0.39 is 5.97 Å². The predicted molar refractivity (Wildman–Crippen MR) is 102 cm³/mol. The number of thioether (sulfide) groups is 1. The van der Waals surface area contributed by atoms with Gasteiger partial charge in [-0.3, -0.25) is 9.69 Å². The number of benzene rings is 2. The van der Waals surface area contributed by atoms with Crippen LogP contribution in [0.25, 0.3) is 6.08 Å². The van der Waals surface area contributed by atoms with Crippen molar-refractivity contribution in [2.45, 2.75) is 0 Å². The minimum atomic E-state index is -1.05. The molecule has 1 aliphatic heterocycles. The number of amides is 1. The molecule has 0 radical (unpaired) electrons. The summed E-state index contributed by atoms with van der Waals surface area (Å²) in [6.45, 7) is 0. The summed E-state index contributed by atoms with van der Waals surface area (Å²) in [6, 6.07) is 13.5. The first-order chi connectivity index (χ1) is 12.0. The van der Waals surface area contributed by atoms with Gasteiger partial charge in [0, 0.05) is 0 Å². The van der Waals surface area contributed by atoms with E-state index in [-0.39, 0.29) is 11.5 Å². The normalized spacial score (nSPS) is 15.7. The van der Waals surface area contributed by atoms with Gasteiger partial charge in [0.1, 0.15) is 5.75 Å². The SMILES string of the molecule is COc1ccc(/C=C2/SC(=S)N(c3cccc(C(=O)O)c3)C2=O)cc1. The smallest absolute Gasteiger partial charge is 0.335 e. The van der Waals surface area contributed by atoms with Gasteiger partial charge >= 0.3 is 5.97 Å². The third kappa shape index (κ3) is 3.57. The third-order valence-electron chi connectivity index (χ3n) is 3.56. The Morgan fingerprint density at radius 2 is 1.96 bits per heavy atom. The van der Waals surface area contributed by atoms with Crippen molar-refractivity contribution in [3.63, 3.8) is 0 Å². The number of nitrogens with zero attached hydrogens (tertiary/aromatic N) is 1. The molecule has 0 unspecified atom stereocenters. The van der Waals surface area contributed by atoms with Crippen molar-refractivity contribution >= 4 is 51.9 Å². The molecule has 126 valence electrons. The molecule has 1 amide bonds. The number of aromatic carboxylic acids is 1. The summed E-state index contributed by atoms with van der Waals surface area (Å²) in [6.07, 6.45) is 1.75. The van der Waals surface area contributed by atoms with Crippen LogP contribution >= 0.6 is 24.0 Å². The van der Waals surface area contributed by atoms with Gasteiger partial charge in [0.15, 0.2) is 4.32 Å². The van der Waals surface area contributed by atoms with Crippen LogP contribution in [0.5, 0.6) is 5.75 Å². The summed E-state index contributed by atoms with van der Waals surface area (Å²) in [7, 11) is 1.59. The Hall–Kier alpha value is -2.64. The molecular weight excluding hydrogens is 358 g/mol. The van der Waals surface area contributed by atoms with Crippen LogP contribution in [0.4, 0.5) is 5.69 Å². The van der Waals surface area contributed by atoms with Crippen molar-refractivity contribution in [1.82, 2.24) is 0 Å². The van der Waals surface area contributed by atoms with Gasteiger partial charge in [-0.25, -0.2) is 4.79 Å². The standard InChI is InChI=1S/C18H13NO4S2/c1-23-14-7-5-11(6-8-14)9-15-16(20)19(18(24)25-15)13-4-2-3-12(10-13)17(21)22/h2-10H,1H3,(H,21,22)/b15-9+. The minimum absolute atomic E-state index is 0.102. The lowest BCUT2D eigenvalue weighted by Gasteiger charge is -2.14. The van der Waals surface area contributed by atoms with Gasteiger partial charge in [0.25, 0.3) is 5.91 Å². The number of thiocarbonyl (C=S) groups is 1. The second-order valence-corrected chi connectivity index (χ2v) is 6.82. The summed E-state index contributed by atoms with van der Waals surface area (Å²) in [5.74, 6) is -0.593. The van der Waals surface area contributed by atoms with Crippen LogP contribution in [0.2, 0.25) is 0 Å². The maximum absolute atomic E-state index is 12.7. The topological polar surface area (TPSA) is 66.8 Å². The number of carbonyl (C=O) groups excluding carboxylic acids is 1. The van der Waals surface area contributed by atoms with Crippen LogP contribution in [0.15, 0.2) is 53.4 Å². The van der Waals surface area contributed by atoms with Crippen LogP contribution < -0.4 is 9.64 Å². The number of carboxylic acid groups (broad SMARTS) is 1. The highest BCUT2D eigenvalue weighted by Gasteiger charge is 2.33. The maximum Gasteiger partial charge on any atom is 0.335 e. The lowest BCUT2D eigenvalue weighted by Crippen LogP contribution is -2.27. The summed E-state index contributed by atoms with van der Waals surface area (Å²) in [4.78, 5) is 25.7. The van der Waals surface area contributed by atoms with Crippen LogP contribution in [-0.4, -0.2) is 28.4 Å². The molecule has 3 rings (SSSR count). The highest BCUT2D eigenvalue weighted by molar-refractivity contribution is 8.27. The van der Waals surface area contributed by atoms with Gasteiger partial charge in [-0.2, -0.15) is 0 Å². The van der Waals surface area contributed by atoms with E-state index in [2.05, 4.69) is 0 Å². The second kappa shape index (κ2) is 7.08. The van der Waals surface area contributed by atoms with E-state index in [9.17, 15) is 9.59 Å². The first kappa shape index (κ1) is 17.2. The average Bonchev–Trinajstić information content (AvgIpc) is 2.89. The first-order valence-electron chi connectivity index (χ1n) is 7.25. The van der Waals surface area contributed by atoms with E-state index >= 15 is 0 Å². The van der Waals surface area contributed by atoms with Crippen LogP contribution in [0, 0.1) is 0 Å². The fraction of sp³-hybridized carbons (Fsp3) is 0.0556. The van der Waals surface area contributed by atoms with Gasteiger partial charge in [-0.15, -0.1) is 0 Å². The number of carboxylic acids is 1. The van der Waals surface area contributed by atoms with E-state index in [1.807, 2.05) is 24.3 Å². The van der Waals surface area contributed by atoms with Crippen molar-refractivity contribution in [1.29, 1.82) is 0 Å². The lowest BCUT2D eigenvalue weighted by molar-refractivity contribution is -0.113. The molecule has 0 aromatic heterocycles. The van der Waals surface area contributed by atoms with Crippen molar-refractivity contribution in [2.24, 2.45) is 0 Å². The molecule has 25 heavy (non-hydrogen) atoms. The van der Waals surface area contributed by atoms with Gasteiger partial charge in [-0.05, 0) is 42.0 Å². The minimum Gasteiger partial charge on any atom is -0.497 e. The van der Waals surface area contributed by atoms with E-state index in [0.717, 1.165) is 11.3 Å². The zero-order chi connectivity index (χ0) is 18.0. The van der Waals surface area contributed by atoms with Crippen molar-refractivity contribution in [2.75, 3.05) is 12.0 Å². The number of hydrogen-bond acceptors (Lipinski definition) is 5. The molecular formula is C18H13NO4S2. The molecule has 0 atom stereocenters. The Morgan fingerprint density at radius 1 is 1.24 bits per heavy atom. The zero-order valence-corrected chi connectivity index (χ0v) is 14.8. The van der Waals surface area contributed by atoms with Crippen molar-refractivity contribution in [3.05, 3.63) is 64.6 Å². The number of anilines is 1. The van der Waals surface area contributed by atoms with Gasteiger partial charge in [0.05, 0.1) is 23.3 Å². The Morgan fingerprint density at radius 3 is 2.60 bits per heavy atom. The number of carbonyl (C=O) groups is 2. The molecule has 0 aliphatic carbocycles. The van der Waals surface area contributed by atoms with Crippen LogP contribution in [0.3, 0.4) is 0 Å². The Bertz CT molecular complexity index is 890. The van der Waals surface area contributed by atoms with Gasteiger partial charge in [-0.1, -0.05) is 42.2 Å². The molecule has 5 nitrogen and oxygen atoms in total. The summed E-state index contributed by atoms with van der Waals surface area (Å²) in [5.41, 5.74) is 1.40. The molecule has 1 saturated heterocycles. The first-order valence-corrected chi connectivity index (χ1v) is 8.47. The molecule has 0 saturated carbocycles. The highest BCUT2D eigenvalue weighted by atomic mass is 32.2. The molecule has 2 aromatic carbocycles. The fourth-order valence-electron chi connectivity index (χ4n) is 2.32. The lowest BCUT2D eigenvalue weighted by atomic mass is 10.2. The molecule has 1 heterocycles. The van der Waals surface area contributed by atoms with Crippen LogP contribution in [0.1, 0.15) is 15.9 Å². The van der Waals surface area contributed by atoms with E-state index in [1.165, 1.54) is 28.8 Å². The molecule has 0 spiro atoms. The predicted octanol–water partition coefficient (Wildman–Crippen LogP) is 3.80.